The molecule has 0 N–H and O–H groups in total. The molecule has 0 amide bonds. The van der Waals surface area contributed by atoms with Gasteiger partial charge in [-0.1, -0.05) is 12.1 Å². The maximum absolute atomic E-state index is 11.9. The third kappa shape index (κ3) is 2.91. The minimum Gasteiger partial charge on any atom is -0.459 e. The normalized spacial score (nSPS) is 15.2. The Morgan fingerprint density at radius 3 is 2.73 bits per heavy atom. The van der Waals surface area contributed by atoms with Gasteiger partial charge in [0, 0.05) is 23.8 Å². The molecule has 1 aliphatic rings. The van der Waals surface area contributed by atoms with E-state index in [0.29, 0.717) is 22.8 Å². The van der Waals surface area contributed by atoms with E-state index >= 15 is 0 Å². The van der Waals surface area contributed by atoms with Gasteiger partial charge in [-0.05, 0) is 24.3 Å². The maximum Gasteiger partial charge on any atom is 0.364 e. The van der Waals surface area contributed by atoms with Crippen molar-refractivity contribution < 1.29 is 23.3 Å². The molecule has 0 saturated heterocycles. The summed E-state index contributed by atoms with van der Waals surface area (Å²) in [6.45, 7) is 0. The number of nitro benzene ring substituents is 1. The molecule has 0 unspecified atom stereocenters. The second kappa shape index (κ2) is 6.17. The van der Waals surface area contributed by atoms with Crippen LogP contribution in [0, 0.1) is 10.1 Å². The molecule has 0 fully saturated rings. The number of nitro groups is 1. The van der Waals surface area contributed by atoms with Crippen molar-refractivity contribution in [3.05, 3.63) is 82.1 Å². The van der Waals surface area contributed by atoms with Gasteiger partial charge in [-0.25, -0.2) is 9.79 Å². The highest BCUT2D eigenvalue weighted by Gasteiger charge is 2.26. The summed E-state index contributed by atoms with van der Waals surface area (Å²) < 4.78 is 15.8. The Hall–Kier alpha value is -3.94. The zero-order valence-corrected chi connectivity index (χ0v) is 13.1. The van der Waals surface area contributed by atoms with Crippen molar-refractivity contribution in [1.29, 1.82) is 0 Å². The lowest BCUT2D eigenvalue weighted by atomic mass is 10.1. The van der Waals surface area contributed by atoms with Crippen LogP contribution in [0.5, 0.6) is 0 Å². The molecule has 0 saturated carbocycles. The quantitative estimate of drug-likeness (QED) is 0.306. The minimum absolute atomic E-state index is 0.0362. The number of carbonyl (C=O) groups excluding carboxylic acids is 1. The monoisotopic (exact) mass is 350 g/mol. The molecular weight excluding hydrogens is 340 g/mol. The molecule has 2 aromatic heterocycles. The topological polar surface area (TPSA) is 108 Å². The summed E-state index contributed by atoms with van der Waals surface area (Å²) in [4.78, 5) is 26.4. The zero-order chi connectivity index (χ0) is 18.1. The number of carbonyl (C=O) groups is 1. The predicted molar refractivity (Wildman–Crippen MR) is 90.1 cm³/mol. The highest BCUT2D eigenvalue weighted by molar-refractivity contribution is 6.11. The lowest BCUT2D eigenvalue weighted by molar-refractivity contribution is -0.384. The van der Waals surface area contributed by atoms with E-state index in [1.54, 1.807) is 36.4 Å². The van der Waals surface area contributed by atoms with Gasteiger partial charge < -0.3 is 13.6 Å². The Morgan fingerprint density at radius 2 is 1.96 bits per heavy atom. The van der Waals surface area contributed by atoms with Crippen LogP contribution >= 0.6 is 0 Å². The average molecular weight is 350 g/mol. The smallest absolute Gasteiger partial charge is 0.364 e. The van der Waals surface area contributed by atoms with Gasteiger partial charge >= 0.3 is 5.97 Å². The number of nitrogens with zero attached hydrogens (tertiary/aromatic N) is 2. The average Bonchev–Trinajstić information content (AvgIpc) is 3.37. The van der Waals surface area contributed by atoms with E-state index in [-0.39, 0.29) is 17.3 Å². The van der Waals surface area contributed by atoms with Crippen molar-refractivity contribution in [3.63, 3.8) is 0 Å². The second-order valence-corrected chi connectivity index (χ2v) is 5.32. The third-order valence-corrected chi connectivity index (χ3v) is 3.60. The molecule has 0 spiro atoms. The summed E-state index contributed by atoms with van der Waals surface area (Å²) >= 11 is 0. The fourth-order valence-electron chi connectivity index (χ4n) is 2.41. The van der Waals surface area contributed by atoms with Crippen molar-refractivity contribution in [2.75, 3.05) is 0 Å². The van der Waals surface area contributed by atoms with E-state index in [1.807, 2.05) is 0 Å². The van der Waals surface area contributed by atoms with Crippen LogP contribution in [-0.2, 0) is 9.53 Å². The van der Waals surface area contributed by atoms with E-state index in [4.69, 9.17) is 13.6 Å². The minimum atomic E-state index is -0.621. The van der Waals surface area contributed by atoms with Crippen LogP contribution in [0.4, 0.5) is 5.69 Å². The van der Waals surface area contributed by atoms with Crippen molar-refractivity contribution in [3.8, 4) is 11.3 Å². The molecule has 0 atom stereocenters. The summed E-state index contributed by atoms with van der Waals surface area (Å²) in [6.07, 6.45) is 2.88. The van der Waals surface area contributed by atoms with Crippen molar-refractivity contribution in [1.82, 2.24) is 0 Å². The fourth-order valence-corrected chi connectivity index (χ4v) is 2.41. The number of aliphatic imine (C=N–C) groups is 1. The Bertz CT molecular complexity index is 1060. The Balaban J connectivity index is 1.62. The number of non-ortho nitro benzene ring substituents is 1. The summed E-state index contributed by atoms with van der Waals surface area (Å²) in [6, 6.07) is 12.6. The van der Waals surface area contributed by atoms with Gasteiger partial charge in [0.15, 0.2) is 11.5 Å². The lowest BCUT2D eigenvalue weighted by Gasteiger charge is -1.97. The van der Waals surface area contributed by atoms with Crippen LogP contribution in [0.2, 0.25) is 0 Å². The van der Waals surface area contributed by atoms with E-state index < -0.39 is 10.9 Å². The number of furan rings is 2. The fraction of sp³-hybridized carbons (Fsp3) is 0. The molecule has 3 heterocycles. The number of hydrogen-bond donors (Lipinski definition) is 0. The molecule has 8 nitrogen and oxygen atoms in total. The van der Waals surface area contributed by atoms with E-state index in [1.165, 1.54) is 24.5 Å². The molecule has 1 aromatic carbocycles. The first kappa shape index (κ1) is 15.6. The number of ether oxygens (including phenoxy) is 1. The molecule has 1 aliphatic heterocycles. The SMILES string of the molecule is O=C1OC(c2ccco2)=N/C1=C\c1ccc(-c2cccc([N+](=O)[O-])c2)o1. The van der Waals surface area contributed by atoms with E-state index in [9.17, 15) is 14.9 Å². The van der Waals surface area contributed by atoms with Gasteiger partial charge in [0.2, 0.25) is 0 Å². The predicted octanol–water partition coefficient (Wildman–Crippen LogP) is 3.79. The molecule has 8 heteroatoms. The van der Waals surface area contributed by atoms with Crippen LogP contribution in [0.25, 0.3) is 17.4 Å². The maximum atomic E-state index is 11.9. The highest BCUT2D eigenvalue weighted by atomic mass is 16.6. The van der Waals surface area contributed by atoms with Crippen molar-refractivity contribution in [2.24, 2.45) is 4.99 Å². The van der Waals surface area contributed by atoms with Gasteiger partial charge in [0.05, 0.1) is 11.2 Å². The lowest BCUT2D eigenvalue weighted by Crippen LogP contribution is -2.04. The van der Waals surface area contributed by atoms with Crippen LogP contribution in [-0.4, -0.2) is 16.8 Å². The first-order chi connectivity index (χ1) is 12.6. The second-order valence-electron chi connectivity index (χ2n) is 5.32. The number of benzene rings is 1. The molecule has 0 radical (unpaired) electrons. The summed E-state index contributed by atoms with van der Waals surface area (Å²) in [7, 11) is 0. The van der Waals surface area contributed by atoms with Gasteiger partial charge in [-0.2, -0.15) is 0 Å². The Morgan fingerprint density at radius 1 is 1.08 bits per heavy atom. The van der Waals surface area contributed by atoms with Crippen molar-refractivity contribution in [2.45, 2.75) is 0 Å². The number of rotatable bonds is 4. The zero-order valence-electron chi connectivity index (χ0n) is 13.1. The summed E-state index contributed by atoms with van der Waals surface area (Å²) in [5.74, 6) is 0.602. The highest BCUT2D eigenvalue weighted by Crippen LogP contribution is 2.27. The Labute approximate surface area is 146 Å². The molecule has 0 aliphatic carbocycles. The van der Waals surface area contributed by atoms with Crippen LogP contribution in [0.3, 0.4) is 0 Å². The summed E-state index contributed by atoms with van der Waals surface area (Å²) in [5.41, 5.74) is 0.583. The Kier molecular flexibility index (Phi) is 3.70. The van der Waals surface area contributed by atoms with Gasteiger partial charge in [0.25, 0.3) is 11.6 Å². The van der Waals surface area contributed by atoms with E-state index in [0.717, 1.165) is 0 Å². The molecule has 3 aromatic rings. The van der Waals surface area contributed by atoms with E-state index in [2.05, 4.69) is 4.99 Å². The van der Waals surface area contributed by atoms with Gasteiger partial charge in [0.1, 0.15) is 11.5 Å². The molecule has 26 heavy (non-hydrogen) atoms. The van der Waals surface area contributed by atoms with Crippen molar-refractivity contribution >= 4 is 23.6 Å². The molecular formula is C18H10N2O6. The first-order valence-electron chi connectivity index (χ1n) is 7.51. The number of hydrogen-bond acceptors (Lipinski definition) is 7. The largest absolute Gasteiger partial charge is 0.459 e. The number of cyclic esters (lactones) is 1. The third-order valence-electron chi connectivity index (χ3n) is 3.60. The van der Waals surface area contributed by atoms with Crippen LogP contribution in [0.1, 0.15) is 11.5 Å². The molecule has 4 rings (SSSR count). The van der Waals surface area contributed by atoms with Gasteiger partial charge in [-0.15, -0.1) is 0 Å². The number of esters is 1. The van der Waals surface area contributed by atoms with Gasteiger partial charge in [-0.3, -0.25) is 10.1 Å². The first-order valence-corrected chi connectivity index (χ1v) is 7.51. The standard InChI is InChI=1S/C18H10N2O6/c21-18-14(19-17(26-18)16-5-2-8-24-16)10-13-6-7-15(25-13)11-3-1-4-12(9-11)20(22)23/h1-10H/b14-10-. The molecule has 128 valence electrons. The van der Waals surface area contributed by atoms with Crippen LogP contribution in [0.15, 0.2) is 74.3 Å². The summed E-state index contributed by atoms with van der Waals surface area (Å²) in [5, 5.41) is 10.9. The van der Waals surface area contributed by atoms with Crippen LogP contribution < -0.4 is 0 Å². The molecule has 0 bridgehead atoms.